The molecule has 30 nitrogen and oxygen atoms in total. The van der Waals surface area contributed by atoms with E-state index in [9.17, 15) is 22.7 Å². The van der Waals surface area contributed by atoms with Crippen molar-refractivity contribution in [2.24, 2.45) is 39.9 Å². The first-order valence-corrected chi connectivity index (χ1v) is 47.9. The third kappa shape index (κ3) is 17.9. The largest absolute Gasteiger partial charge is 0.423 e. The predicted molar refractivity (Wildman–Crippen MR) is 520 cm³/mol. The van der Waals surface area contributed by atoms with Crippen LogP contribution in [0.3, 0.4) is 0 Å². The summed E-state index contributed by atoms with van der Waals surface area (Å²) in [6.45, 7) is 14.9. The smallest absolute Gasteiger partial charge is 0.324 e. The Labute approximate surface area is 793 Å². The molecule has 7 atom stereocenters. The SMILES string of the molecule is CNc1cc(F)cc2c1Cc1nc(Oc3ccc(C)nc3)nc(N3C4CCC3CC(N)C4)c1-2.CNc1cc(F)cc2c1Cc1nc(Oc3ccc(C)nc3)nc(N3C[C@@H](NCCN)C4(CC4)C3)c1-2.CNc1cc(F)cc2c1Cc1nc(Oc3ccc(C)nc3)nc(N3C[C@@H](NCCO)C4(CC4)C3)c1-2.CNc1cc(F)cc2c1Cc1nc(Oc3ccc(C)nc3)nc(N3C[C@H]4C[C@@H](N)CC[C@H]4C3)c1-2. The Balaban J connectivity index is 0.000000109. The fourth-order valence-electron chi connectivity index (χ4n) is 22.7. The molecule has 7 aliphatic carbocycles. The highest BCUT2D eigenvalue weighted by atomic mass is 19.1. The first kappa shape index (κ1) is 90.4. The Kier molecular flexibility index (Phi) is 24.5. The van der Waals surface area contributed by atoms with Gasteiger partial charge in [0.25, 0.3) is 0 Å². The van der Waals surface area contributed by atoms with Gasteiger partial charge in [0.15, 0.2) is 0 Å². The molecule has 0 amide bonds. The lowest BCUT2D eigenvalue weighted by atomic mass is 9.79. The minimum Gasteiger partial charge on any atom is -0.423 e. The number of benzene rings is 4. The zero-order chi connectivity index (χ0) is 94.4. The fourth-order valence-corrected chi connectivity index (χ4v) is 22.7. The van der Waals surface area contributed by atoms with Crippen LogP contribution in [0.15, 0.2) is 122 Å². The molecule has 2 bridgehead atoms. The number of ether oxygens (including phenoxy) is 4. The highest BCUT2D eigenvalue weighted by Crippen LogP contribution is 2.59. The van der Waals surface area contributed by atoms with Crippen LogP contribution in [-0.4, -0.2) is 195 Å². The number of nitrogens with one attached hydrogen (secondary N) is 6. The fraction of sp³-hybridized carbons (Fsp3) is 0.417. The normalized spacial score (nSPS) is 20.9. The summed E-state index contributed by atoms with van der Waals surface area (Å²) in [5.41, 5.74) is 40.1. The van der Waals surface area contributed by atoms with Gasteiger partial charge in [0, 0.05) is 228 Å². The maximum Gasteiger partial charge on any atom is 0.324 e. The predicted octanol–water partition coefficient (Wildman–Crippen LogP) is 15.0. The number of aliphatic hydroxyl groups is 1. The number of nitrogens with zero attached hydrogens (tertiary/aromatic N) is 16. The Hall–Kier alpha value is -13.1. The number of rotatable bonds is 22. The van der Waals surface area contributed by atoms with Crippen LogP contribution in [-0.2, 0) is 25.7 Å². The van der Waals surface area contributed by atoms with E-state index >= 15 is 0 Å². The topological polar surface area (TPSA) is 375 Å². The van der Waals surface area contributed by atoms with Gasteiger partial charge in [0.1, 0.15) is 69.5 Å². The number of fused-ring (bicyclic) bond motifs is 15. The maximum absolute atomic E-state index is 14.6. The first-order chi connectivity index (χ1) is 66.5. The highest BCUT2D eigenvalue weighted by Gasteiger charge is 2.57. The molecule has 8 aromatic heterocycles. The molecular weight excluding hydrogens is 1740 g/mol. The number of halogens is 4. The monoisotopic (exact) mass is 1860 g/mol. The Morgan fingerprint density at radius 3 is 1.06 bits per heavy atom. The summed E-state index contributed by atoms with van der Waals surface area (Å²) in [7, 11) is 7.25. The number of anilines is 8. The molecule has 3 saturated carbocycles. The van der Waals surface area contributed by atoms with Gasteiger partial charge in [0.05, 0.1) is 54.2 Å². The number of aryl methyl sites for hydroxylation is 4. The van der Waals surface area contributed by atoms with Gasteiger partial charge in [-0.05, 0) is 252 Å². The molecule has 2 spiro atoms. The Morgan fingerprint density at radius 1 is 0.394 bits per heavy atom. The van der Waals surface area contributed by atoms with Crippen LogP contribution in [0.5, 0.6) is 47.0 Å². The molecule has 34 heteroatoms. The quantitative estimate of drug-likeness (QED) is 0.0282. The second kappa shape index (κ2) is 37.1. The van der Waals surface area contributed by atoms with E-state index in [0.29, 0.717) is 104 Å². The van der Waals surface area contributed by atoms with Crippen LogP contribution < -0.4 is 87.6 Å². The Bertz CT molecular complexity index is 6390. The summed E-state index contributed by atoms with van der Waals surface area (Å²) in [4.78, 5) is 65.3. The summed E-state index contributed by atoms with van der Waals surface area (Å²) in [5, 5.41) is 29.1. The zero-order valence-corrected chi connectivity index (χ0v) is 78.3. The van der Waals surface area contributed by atoms with Crippen LogP contribution in [0.25, 0.3) is 44.5 Å². The van der Waals surface area contributed by atoms with Crippen LogP contribution in [0.4, 0.5) is 63.6 Å². The average Bonchev–Trinajstić information content (AvgIpc) is 1.42. The highest BCUT2D eigenvalue weighted by molar-refractivity contribution is 5.92. The Morgan fingerprint density at radius 2 is 0.730 bits per heavy atom. The second-order valence-corrected chi connectivity index (χ2v) is 38.7. The average molecular weight is 1860 g/mol. The van der Waals surface area contributed by atoms with Crippen molar-refractivity contribution in [3.63, 3.8) is 0 Å². The molecule has 8 fully saturated rings. The van der Waals surface area contributed by atoms with Gasteiger partial charge in [-0.2, -0.15) is 39.9 Å². The number of pyridine rings is 4. The standard InChI is InChI=1S/C26H30FN7O.C26H29FN6O2.C26H29FN6O.C25H27FN6O/c1-15-3-4-17(12-31-15)35-25-32-21-11-18-19(9-16(27)10-20(18)29-2)23(21)24(33-25)34-13-22(30-8-7-28)26(14-34)5-6-26;1-15-3-4-17(12-30-15)35-25-31-21-11-18-19(9-16(27)10-20(18)28-2)23(21)24(32-25)33-13-22(29-7-8-34)26(14-33)5-6-26;1-14-3-6-19(11-30-14)34-26-31-23-10-20-21(8-17(27)9-22(20)29-2)24(23)25(32-26)33-12-15-4-5-18(28)7-16(15)13-33;1-13-3-6-18(12-29-13)33-25-30-22-11-19-20(7-14(26)8-21(19)28-2)23(22)24(31-25)32-16-4-5-17(32)10-15(27)9-16/h3-4,9-10,12,22,29-30H,5-8,11,13-14,28H2,1-2H3;3-4,9-10,12,22,28-29,34H,5-8,11,13-14H2,1-2H3;3,6,8-9,11,15-16,18,29H,4-5,7,10,12-13,28H2,1-2H3;3,6-8,12,15-17,28H,4-5,9-11,27H2,1-2H3/t2*22-;15-,16+,18-;/m110./s1. The van der Waals surface area contributed by atoms with Crippen molar-refractivity contribution in [1.29, 1.82) is 0 Å². The molecular formula is C103H115F4N25O5. The van der Waals surface area contributed by atoms with Gasteiger partial charge in [-0.3, -0.25) is 19.9 Å². The third-order valence-corrected chi connectivity index (χ3v) is 29.7. The summed E-state index contributed by atoms with van der Waals surface area (Å²) in [5.74, 6) is 5.64. The van der Waals surface area contributed by atoms with E-state index in [1.54, 1.807) is 62.2 Å². The van der Waals surface area contributed by atoms with Crippen molar-refractivity contribution in [3.05, 3.63) is 213 Å². The van der Waals surface area contributed by atoms with Crippen molar-refractivity contribution in [1.82, 2.24) is 70.4 Å². The first-order valence-electron chi connectivity index (χ1n) is 47.9. The van der Waals surface area contributed by atoms with Gasteiger partial charge in [-0.1, -0.05) is 0 Å². The van der Waals surface area contributed by atoms with Crippen molar-refractivity contribution < 1.29 is 41.6 Å². The van der Waals surface area contributed by atoms with Crippen molar-refractivity contribution in [3.8, 4) is 91.5 Å². The van der Waals surface area contributed by atoms with Gasteiger partial charge in [0.2, 0.25) is 0 Å². The zero-order valence-electron chi connectivity index (χ0n) is 78.3. The van der Waals surface area contributed by atoms with E-state index < -0.39 is 0 Å². The van der Waals surface area contributed by atoms with Gasteiger partial charge >= 0.3 is 24.0 Å². The number of piperidine rings is 1. The van der Waals surface area contributed by atoms with E-state index in [-0.39, 0.29) is 70.9 Å². The second-order valence-electron chi connectivity index (χ2n) is 38.7. The molecule has 710 valence electrons. The summed E-state index contributed by atoms with van der Waals surface area (Å²) in [6.07, 6.45) is 21.0. The van der Waals surface area contributed by atoms with E-state index in [1.165, 1.54) is 31.0 Å². The molecule has 5 saturated heterocycles. The third-order valence-electron chi connectivity index (χ3n) is 29.7. The van der Waals surface area contributed by atoms with E-state index in [1.807, 2.05) is 97.4 Å². The minimum atomic E-state index is -0.291. The molecule has 12 aromatic rings. The lowest BCUT2D eigenvalue weighted by molar-refractivity contribution is 0.271. The molecule has 13 N–H and O–H groups in total. The van der Waals surface area contributed by atoms with Gasteiger partial charge in [-0.15, -0.1) is 0 Å². The van der Waals surface area contributed by atoms with E-state index in [0.717, 1.165) is 262 Å². The molecule has 0 radical (unpaired) electrons. The summed E-state index contributed by atoms with van der Waals surface area (Å²) < 4.78 is 82.5. The van der Waals surface area contributed by atoms with Crippen LogP contribution in [0.2, 0.25) is 0 Å². The maximum atomic E-state index is 14.6. The van der Waals surface area contributed by atoms with Gasteiger partial charge < -0.3 is 92.8 Å². The number of hydrogen-bond acceptors (Lipinski definition) is 30. The molecule has 13 heterocycles. The molecule has 24 rings (SSSR count). The molecule has 4 aromatic carbocycles. The van der Waals surface area contributed by atoms with Crippen molar-refractivity contribution >= 4 is 46.0 Å². The number of aromatic nitrogens is 12. The number of hydrogen-bond donors (Lipinski definition) is 10. The van der Waals surface area contributed by atoms with Crippen LogP contribution in [0, 0.1) is 73.6 Å². The van der Waals surface area contributed by atoms with Gasteiger partial charge in [-0.25, -0.2) is 17.6 Å². The van der Waals surface area contributed by atoms with E-state index in [2.05, 4.69) is 71.4 Å². The summed E-state index contributed by atoms with van der Waals surface area (Å²) >= 11 is 0. The van der Waals surface area contributed by atoms with Crippen molar-refractivity contribution in [2.75, 3.05) is 135 Å². The van der Waals surface area contributed by atoms with Crippen LogP contribution in [0.1, 0.15) is 138 Å². The van der Waals surface area contributed by atoms with Crippen molar-refractivity contribution in [2.45, 2.75) is 160 Å². The molecule has 5 aliphatic heterocycles. The lowest BCUT2D eigenvalue weighted by Crippen LogP contribution is -2.48. The van der Waals surface area contributed by atoms with E-state index in [4.69, 9.17) is 76.0 Å². The molecule has 12 aliphatic rings. The molecule has 2 unspecified atom stereocenters. The lowest BCUT2D eigenvalue weighted by Gasteiger charge is -2.39. The minimum absolute atomic E-state index is 0.109. The number of nitrogens with two attached hydrogens (primary N) is 3. The molecule has 137 heavy (non-hydrogen) atoms. The van der Waals surface area contributed by atoms with Crippen LogP contribution >= 0.6 is 0 Å². The summed E-state index contributed by atoms with van der Waals surface area (Å²) in [6, 6.07) is 30.5. The number of aliphatic hydroxyl groups excluding tert-OH is 1.